The molecular weight excluding hydrogens is 272 g/mol. The van der Waals surface area contributed by atoms with E-state index in [4.69, 9.17) is 0 Å². The number of hydrogen-bond donors (Lipinski definition) is 2. The number of hydrogen-bond acceptors (Lipinski definition) is 5. The van der Waals surface area contributed by atoms with Gasteiger partial charge in [-0.2, -0.15) is 0 Å². The van der Waals surface area contributed by atoms with Gasteiger partial charge in [-0.15, -0.1) is 10.2 Å². The number of aromatic nitrogens is 2. The van der Waals surface area contributed by atoms with Crippen LogP contribution in [-0.2, 0) is 0 Å². The van der Waals surface area contributed by atoms with Crippen LogP contribution in [0.4, 0.5) is 5.13 Å². The molecule has 5 nitrogen and oxygen atoms in total. The van der Waals surface area contributed by atoms with Crippen molar-refractivity contribution in [3.05, 3.63) is 5.01 Å². The van der Waals surface area contributed by atoms with Crippen molar-refractivity contribution < 1.29 is 4.79 Å². The molecular formula is C14H24N4OS. The van der Waals surface area contributed by atoms with Crippen molar-refractivity contribution in [2.75, 3.05) is 11.9 Å². The highest BCUT2D eigenvalue weighted by Gasteiger charge is 2.23. The van der Waals surface area contributed by atoms with Crippen molar-refractivity contribution in [2.45, 2.75) is 58.4 Å². The predicted octanol–water partition coefficient (Wildman–Crippen LogP) is 3.06. The highest BCUT2D eigenvalue weighted by molar-refractivity contribution is 7.17. The van der Waals surface area contributed by atoms with Crippen molar-refractivity contribution in [1.29, 1.82) is 0 Å². The minimum atomic E-state index is -0.0782. The normalized spacial score (nSPS) is 22.5. The average molecular weight is 296 g/mol. The summed E-state index contributed by atoms with van der Waals surface area (Å²) < 4.78 is 0. The second kappa shape index (κ2) is 7.57. The second-order valence-corrected chi connectivity index (χ2v) is 6.40. The maximum absolute atomic E-state index is 12.1. The lowest BCUT2D eigenvalue weighted by molar-refractivity contribution is 0.0920. The van der Waals surface area contributed by atoms with E-state index in [0.29, 0.717) is 16.2 Å². The summed E-state index contributed by atoms with van der Waals surface area (Å²) in [4.78, 5) is 12.1. The lowest BCUT2D eigenvalue weighted by atomic mass is 9.83. The molecule has 0 aliphatic heterocycles. The van der Waals surface area contributed by atoms with Gasteiger partial charge in [-0.3, -0.25) is 4.79 Å². The Labute approximate surface area is 124 Å². The van der Waals surface area contributed by atoms with Gasteiger partial charge >= 0.3 is 0 Å². The smallest absolute Gasteiger partial charge is 0.282 e. The maximum atomic E-state index is 12.1. The van der Waals surface area contributed by atoms with E-state index in [1.165, 1.54) is 37.0 Å². The topological polar surface area (TPSA) is 66.9 Å². The van der Waals surface area contributed by atoms with E-state index in [9.17, 15) is 4.79 Å². The molecule has 20 heavy (non-hydrogen) atoms. The summed E-state index contributed by atoms with van der Waals surface area (Å²) >= 11 is 1.32. The Kier molecular flexibility index (Phi) is 5.76. The van der Waals surface area contributed by atoms with Crippen LogP contribution in [0.3, 0.4) is 0 Å². The van der Waals surface area contributed by atoms with Gasteiger partial charge in [-0.1, -0.05) is 31.1 Å². The molecule has 1 amide bonds. The van der Waals surface area contributed by atoms with Gasteiger partial charge in [0.15, 0.2) is 0 Å². The molecule has 2 N–H and O–H groups in total. The molecule has 0 radical (unpaired) electrons. The quantitative estimate of drug-likeness (QED) is 0.846. The lowest BCUT2D eigenvalue weighted by Gasteiger charge is -2.28. The Bertz CT molecular complexity index is 427. The van der Waals surface area contributed by atoms with E-state index in [0.717, 1.165) is 25.3 Å². The number of carbonyl (C=O) groups excluding carboxylic acids is 1. The van der Waals surface area contributed by atoms with Gasteiger partial charge in [0, 0.05) is 12.6 Å². The highest BCUT2D eigenvalue weighted by atomic mass is 32.1. The van der Waals surface area contributed by atoms with Crippen molar-refractivity contribution >= 4 is 22.4 Å². The number of anilines is 1. The molecule has 2 rings (SSSR count). The molecule has 0 unspecified atom stereocenters. The molecule has 1 fully saturated rings. The predicted molar refractivity (Wildman–Crippen MR) is 82.2 cm³/mol. The van der Waals surface area contributed by atoms with Crippen LogP contribution >= 0.6 is 11.3 Å². The van der Waals surface area contributed by atoms with Gasteiger partial charge in [0.05, 0.1) is 0 Å². The standard InChI is InChI=1S/C14H24N4OS/c1-3-5-10-6-8-11(9-7-10)16-12(19)13-17-18-14(20-13)15-4-2/h10-11H,3-9H2,1-2H3,(H,15,18)(H,16,19). The fourth-order valence-corrected chi connectivity index (χ4v) is 3.50. The van der Waals surface area contributed by atoms with E-state index in [1.54, 1.807) is 0 Å². The second-order valence-electron chi connectivity index (χ2n) is 5.42. The SMILES string of the molecule is CCCC1CCC(NC(=O)c2nnc(NCC)s2)CC1. The Morgan fingerprint density at radius 3 is 2.65 bits per heavy atom. The number of nitrogens with zero attached hydrogens (tertiary/aromatic N) is 2. The summed E-state index contributed by atoms with van der Waals surface area (Å²) in [6.45, 7) is 5.03. The third-order valence-electron chi connectivity index (χ3n) is 3.83. The fourth-order valence-electron chi connectivity index (χ4n) is 2.79. The zero-order valence-corrected chi connectivity index (χ0v) is 13.1. The van der Waals surface area contributed by atoms with Crippen molar-refractivity contribution in [2.24, 2.45) is 5.92 Å². The minimum absolute atomic E-state index is 0.0782. The first-order chi connectivity index (χ1) is 9.72. The Hall–Kier alpha value is -1.17. The van der Waals surface area contributed by atoms with E-state index >= 15 is 0 Å². The first-order valence-electron chi connectivity index (χ1n) is 7.61. The van der Waals surface area contributed by atoms with Gasteiger partial charge in [-0.25, -0.2) is 0 Å². The summed E-state index contributed by atoms with van der Waals surface area (Å²) in [5.41, 5.74) is 0. The van der Waals surface area contributed by atoms with Crippen LogP contribution in [0.5, 0.6) is 0 Å². The first-order valence-corrected chi connectivity index (χ1v) is 8.42. The Morgan fingerprint density at radius 1 is 1.25 bits per heavy atom. The average Bonchev–Trinajstić information content (AvgIpc) is 2.90. The summed E-state index contributed by atoms with van der Waals surface area (Å²) in [6, 6.07) is 0.307. The van der Waals surface area contributed by atoms with Crippen LogP contribution in [-0.4, -0.2) is 28.7 Å². The summed E-state index contributed by atoms with van der Waals surface area (Å²) in [5.74, 6) is 0.778. The van der Waals surface area contributed by atoms with Gasteiger partial charge in [0.25, 0.3) is 5.91 Å². The molecule has 0 saturated heterocycles. The zero-order valence-electron chi connectivity index (χ0n) is 12.3. The van der Waals surface area contributed by atoms with Crippen LogP contribution in [0.1, 0.15) is 62.2 Å². The van der Waals surface area contributed by atoms with Crippen LogP contribution < -0.4 is 10.6 Å². The molecule has 112 valence electrons. The molecule has 6 heteroatoms. The van der Waals surface area contributed by atoms with Crippen LogP contribution in [0.2, 0.25) is 0 Å². The monoisotopic (exact) mass is 296 g/mol. The van der Waals surface area contributed by atoms with Gasteiger partial charge < -0.3 is 10.6 Å². The minimum Gasteiger partial charge on any atom is -0.360 e. The first kappa shape index (κ1) is 15.2. The van der Waals surface area contributed by atoms with Crippen LogP contribution in [0.15, 0.2) is 0 Å². The van der Waals surface area contributed by atoms with Crippen molar-refractivity contribution in [3.8, 4) is 0 Å². The number of carbonyl (C=O) groups is 1. The fraction of sp³-hybridized carbons (Fsp3) is 0.786. The number of nitrogens with one attached hydrogen (secondary N) is 2. The number of amides is 1. The van der Waals surface area contributed by atoms with E-state index in [-0.39, 0.29) is 5.91 Å². The molecule has 1 aromatic rings. The molecule has 0 aromatic carbocycles. The van der Waals surface area contributed by atoms with E-state index < -0.39 is 0 Å². The molecule has 1 aromatic heterocycles. The summed E-state index contributed by atoms with van der Waals surface area (Å²) in [7, 11) is 0. The number of rotatable bonds is 6. The summed E-state index contributed by atoms with van der Waals surface area (Å²) in [6.07, 6.45) is 7.24. The van der Waals surface area contributed by atoms with Gasteiger partial charge in [0.2, 0.25) is 10.1 Å². The molecule has 0 bridgehead atoms. The summed E-state index contributed by atoms with van der Waals surface area (Å²) in [5, 5.41) is 15.2. The van der Waals surface area contributed by atoms with Crippen LogP contribution in [0.25, 0.3) is 0 Å². The Morgan fingerprint density at radius 2 is 2.00 bits per heavy atom. The molecule has 1 aliphatic rings. The van der Waals surface area contributed by atoms with Crippen molar-refractivity contribution in [1.82, 2.24) is 15.5 Å². The third-order valence-corrected chi connectivity index (χ3v) is 4.71. The largest absolute Gasteiger partial charge is 0.360 e. The maximum Gasteiger partial charge on any atom is 0.282 e. The van der Waals surface area contributed by atoms with Crippen LogP contribution in [0, 0.1) is 5.92 Å². The van der Waals surface area contributed by atoms with Gasteiger partial charge in [-0.05, 0) is 38.5 Å². The Balaban J connectivity index is 1.79. The molecule has 0 atom stereocenters. The van der Waals surface area contributed by atoms with Gasteiger partial charge in [0.1, 0.15) is 0 Å². The molecule has 1 heterocycles. The third kappa shape index (κ3) is 4.16. The highest BCUT2D eigenvalue weighted by Crippen LogP contribution is 2.28. The van der Waals surface area contributed by atoms with Crippen molar-refractivity contribution in [3.63, 3.8) is 0 Å². The molecule has 1 aliphatic carbocycles. The molecule has 0 spiro atoms. The van der Waals surface area contributed by atoms with E-state index in [1.807, 2.05) is 6.92 Å². The van der Waals surface area contributed by atoms with E-state index in [2.05, 4.69) is 27.8 Å². The lowest BCUT2D eigenvalue weighted by Crippen LogP contribution is -2.37. The zero-order chi connectivity index (χ0) is 14.4. The molecule has 1 saturated carbocycles.